The summed E-state index contributed by atoms with van der Waals surface area (Å²) in [5.74, 6) is 2.22. The fourth-order valence-corrected chi connectivity index (χ4v) is 3.74. The van der Waals surface area contributed by atoms with Gasteiger partial charge in [-0.05, 0) is 67.5 Å². The van der Waals surface area contributed by atoms with Crippen LogP contribution in [-0.4, -0.2) is 41.9 Å². The standard InChI is InChI=1S/C23H31N5O2.HI/c1-16-6-7-20(11-17(16)2)30-22-13-18(8-9-26-22)14-27-23(25-3)28-10-4-5-19(15-28)12-21(24)29;/h6-9,11,13,19H,4-5,10,12,14-15H2,1-3H3,(H2,24,29)(H,25,27);1H. The zero-order chi connectivity index (χ0) is 21.5. The molecule has 2 aromatic rings. The molecule has 1 aliphatic rings. The van der Waals surface area contributed by atoms with E-state index in [1.165, 1.54) is 11.1 Å². The average Bonchev–Trinajstić information content (AvgIpc) is 2.71. The van der Waals surface area contributed by atoms with Crippen LogP contribution in [-0.2, 0) is 11.3 Å². The molecular weight excluding hydrogens is 505 g/mol. The number of pyridine rings is 1. The van der Waals surface area contributed by atoms with Crippen molar-refractivity contribution in [2.24, 2.45) is 16.6 Å². The van der Waals surface area contributed by atoms with Crippen LogP contribution in [0.15, 0.2) is 41.5 Å². The summed E-state index contributed by atoms with van der Waals surface area (Å²) < 4.78 is 5.93. The number of aliphatic imine (C=N–C) groups is 1. The van der Waals surface area contributed by atoms with Gasteiger partial charge in [-0.15, -0.1) is 24.0 Å². The highest BCUT2D eigenvalue weighted by molar-refractivity contribution is 14.0. The maximum absolute atomic E-state index is 11.3. The van der Waals surface area contributed by atoms with Crippen molar-refractivity contribution in [2.45, 2.75) is 39.7 Å². The number of halogens is 1. The van der Waals surface area contributed by atoms with Crippen LogP contribution in [0.3, 0.4) is 0 Å². The van der Waals surface area contributed by atoms with Gasteiger partial charge in [-0.25, -0.2) is 4.98 Å². The van der Waals surface area contributed by atoms with Gasteiger partial charge in [-0.3, -0.25) is 9.79 Å². The maximum Gasteiger partial charge on any atom is 0.219 e. The molecule has 2 heterocycles. The molecule has 0 aliphatic carbocycles. The summed E-state index contributed by atoms with van der Waals surface area (Å²) in [6, 6.07) is 9.91. The Morgan fingerprint density at radius 3 is 2.81 bits per heavy atom. The minimum Gasteiger partial charge on any atom is -0.439 e. The molecule has 1 aliphatic heterocycles. The molecule has 1 aromatic carbocycles. The van der Waals surface area contributed by atoms with Crippen LogP contribution >= 0.6 is 24.0 Å². The average molecular weight is 537 g/mol. The van der Waals surface area contributed by atoms with Crippen LogP contribution in [0.2, 0.25) is 0 Å². The third kappa shape index (κ3) is 7.37. The largest absolute Gasteiger partial charge is 0.439 e. The first kappa shape index (κ1) is 24.9. The number of carbonyl (C=O) groups excluding carboxylic acids is 1. The summed E-state index contributed by atoms with van der Waals surface area (Å²) in [6.07, 6.45) is 4.23. The van der Waals surface area contributed by atoms with Crippen LogP contribution in [0.5, 0.6) is 11.6 Å². The molecule has 7 nitrogen and oxygen atoms in total. The van der Waals surface area contributed by atoms with E-state index in [-0.39, 0.29) is 35.8 Å². The Hall–Kier alpha value is -2.36. The highest BCUT2D eigenvalue weighted by Crippen LogP contribution is 2.23. The highest BCUT2D eigenvalue weighted by Gasteiger charge is 2.23. The number of nitrogens with zero attached hydrogens (tertiary/aromatic N) is 3. The third-order valence-corrected chi connectivity index (χ3v) is 5.47. The zero-order valence-electron chi connectivity index (χ0n) is 18.4. The first-order valence-electron chi connectivity index (χ1n) is 10.4. The van der Waals surface area contributed by atoms with Crippen molar-refractivity contribution in [3.63, 3.8) is 0 Å². The monoisotopic (exact) mass is 537 g/mol. The van der Waals surface area contributed by atoms with E-state index in [0.29, 0.717) is 18.8 Å². The van der Waals surface area contributed by atoms with Gasteiger partial charge in [0.05, 0.1) is 0 Å². The van der Waals surface area contributed by atoms with E-state index in [4.69, 9.17) is 10.5 Å². The molecule has 168 valence electrons. The number of carbonyl (C=O) groups is 1. The lowest BCUT2D eigenvalue weighted by atomic mass is 9.95. The Bertz CT molecular complexity index is 919. The summed E-state index contributed by atoms with van der Waals surface area (Å²) in [4.78, 5) is 22.2. The van der Waals surface area contributed by atoms with Crippen molar-refractivity contribution in [1.29, 1.82) is 0 Å². The van der Waals surface area contributed by atoms with E-state index in [1.54, 1.807) is 13.2 Å². The first-order valence-corrected chi connectivity index (χ1v) is 10.4. The normalized spacial score (nSPS) is 16.4. The molecule has 31 heavy (non-hydrogen) atoms. The number of hydrogen-bond acceptors (Lipinski definition) is 4. The quantitative estimate of drug-likeness (QED) is 0.333. The fourth-order valence-electron chi connectivity index (χ4n) is 3.74. The molecule has 0 radical (unpaired) electrons. The number of nitrogens with two attached hydrogens (primary N) is 1. The summed E-state index contributed by atoms with van der Waals surface area (Å²) in [6.45, 7) is 6.47. The fraction of sp³-hybridized carbons (Fsp3) is 0.435. The minimum atomic E-state index is -0.238. The maximum atomic E-state index is 11.3. The van der Waals surface area contributed by atoms with Gasteiger partial charge in [0.25, 0.3) is 0 Å². The van der Waals surface area contributed by atoms with Crippen LogP contribution < -0.4 is 15.8 Å². The van der Waals surface area contributed by atoms with Crippen molar-refractivity contribution < 1.29 is 9.53 Å². The molecule has 1 unspecified atom stereocenters. The molecule has 1 fully saturated rings. The smallest absolute Gasteiger partial charge is 0.219 e. The molecule has 0 saturated carbocycles. The molecule has 0 spiro atoms. The molecule has 3 N–H and O–H groups in total. The van der Waals surface area contributed by atoms with Crippen LogP contribution in [0.4, 0.5) is 0 Å². The Kier molecular flexibility index (Phi) is 9.54. The number of rotatable bonds is 6. The van der Waals surface area contributed by atoms with Crippen molar-refractivity contribution in [2.75, 3.05) is 20.1 Å². The Morgan fingerprint density at radius 2 is 2.10 bits per heavy atom. The van der Waals surface area contributed by atoms with Gasteiger partial charge < -0.3 is 20.7 Å². The van der Waals surface area contributed by atoms with E-state index in [9.17, 15) is 4.79 Å². The number of benzene rings is 1. The second-order valence-electron chi connectivity index (χ2n) is 7.88. The molecule has 1 aromatic heterocycles. The van der Waals surface area contributed by atoms with Crippen LogP contribution in [0.25, 0.3) is 0 Å². The number of piperidine rings is 1. The van der Waals surface area contributed by atoms with Gasteiger partial charge in [0.2, 0.25) is 11.8 Å². The number of guanidine groups is 1. The second kappa shape index (κ2) is 11.9. The number of hydrogen-bond donors (Lipinski definition) is 2. The number of likely N-dealkylation sites (tertiary alicyclic amines) is 1. The van der Waals surface area contributed by atoms with Crippen LogP contribution in [0, 0.1) is 19.8 Å². The van der Waals surface area contributed by atoms with Crippen molar-refractivity contribution in [3.8, 4) is 11.6 Å². The predicted molar refractivity (Wildman–Crippen MR) is 134 cm³/mol. The summed E-state index contributed by atoms with van der Waals surface area (Å²) in [7, 11) is 1.78. The highest BCUT2D eigenvalue weighted by atomic mass is 127. The van der Waals surface area contributed by atoms with Gasteiger partial charge in [-0.1, -0.05) is 6.07 Å². The van der Waals surface area contributed by atoms with E-state index < -0.39 is 0 Å². The molecule has 3 rings (SSSR count). The van der Waals surface area contributed by atoms with Gasteiger partial charge in [0.1, 0.15) is 5.75 Å². The first-order chi connectivity index (χ1) is 14.4. The van der Waals surface area contributed by atoms with Gasteiger partial charge in [0.15, 0.2) is 5.96 Å². The topological polar surface area (TPSA) is 92.8 Å². The molecule has 0 bridgehead atoms. The predicted octanol–water partition coefficient (Wildman–Crippen LogP) is 3.77. The lowest BCUT2D eigenvalue weighted by molar-refractivity contribution is -0.119. The van der Waals surface area contributed by atoms with E-state index in [0.717, 1.165) is 43.2 Å². The minimum absolute atomic E-state index is 0. The Labute approximate surface area is 201 Å². The summed E-state index contributed by atoms with van der Waals surface area (Å²) >= 11 is 0. The summed E-state index contributed by atoms with van der Waals surface area (Å²) in [5.41, 5.74) is 8.84. The Morgan fingerprint density at radius 1 is 1.29 bits per heavy atom. The lowest BCUT2D eigenvalue weighted by Crippen LogP contribution is -2.46. The van der Waals surface area contributed by atoms with Crippen LogP contribution in [0.1, 0.15) is 36.0 Å². The third-order valence-electron chi connectivity index (χ3n) is 5.47. The molecule has 8 heteroatoms. The van der Waals surface area contributed by atoms with E-state index in [1.807, 2.05) is 30.3 Å². The number of primary amides is 1. The number of aromatic nitrogens is 1. The molecular formula is C23H32IN5O2. The van der Waals surface area contributed by atoms with Crippen molar-refractivity contribution in [1.82, 2.24) is 15.2 Å². The number of ether oxygens (including phenoxy) is 1. The van der Waals surface area contributed by atoms with Gasteiger partial charge in [0, 0.05) is 45.4 Å². The number of aryl methyl sites for hydroxylation is 2. The zero-order valence-corrected chi connectivity index (χ0v) is 20.8. The molecule has 1 saturated heterocycles. The van der Waals surface area contributed by atoms with Crippen molar-refractivity contribution >= 4 is 35.8 Å². The lowest BCUT2D eigenvalue weighted by Gasteiger charge is -2.34. The van der Waals surface area contributed by atoms with E-state index in [2.05, 4.69) is 34.0 Å². The Balaban J connectivity index is 0.00000341. The van der Waals surface area contributed by atoms with E-state index >= 15 is 0 Å². The molecule has 1 atom stereocenters. The number of amides is 1. The van der Waals surface area contributed by atoms with Gasteiger partial charge in [-0.2, -0.15) is 0 Å². The second-order valence-corrected chi connectivity index (χ2v) is 7.88. The number of nitrogens with one attached hydrogen (secondary N) is 1. The van der Waals surface area contributed by atoms with Gasteiger partial charge >= 0.3 is 0 Å². The molecule has 1 amide bonds. The SMILES string of the molecule is CN=C(NCc1ccnc(Oc2ccc(C)c(C)c2)c1)N1CCCC(CC(N)=O)C1.I. The van der Waals surface area contributed by atoms with Crippen molar-refractivity contribution in [3.05, 3.63) is 53.2 Å². The summed E-state index contributed by atoms with van der Waals surface area (Å²) in [5, 5.41) is 3.41.